The van der Waals surface area contributed by atoms with Gasteiger partial charge in [-0.3, -0.25) is 14.4 Å². The third-order valence-electron chi connectivity index (χ3n) is 16.5. The van der Waals surface area contributed by atoms with Gasteiger partial charge in [0.2, 0.25) is 0 Å². The first-order valence-electron chi connectivity index (χ1n) is 35.8. The van der Waals surface area contributed by atoms with Crippen molar-refractivity contribution in [3.63, 3.8) is 0 Å². The van der Waals surface area contributed by atoms with Gasteiger partial charge in [-0.1, -0.05) is 360 Å². The number of hydrogen-bond donors (Lipinski definition) is 0. The Labute approximate surface area is 493 Å². The van der Waals surface area contributed by atoms with Gasteiger partial charge in [-0.2, -0.15) is 0 Å². The van der Waals surface area contributed by atoms with E-state index in [2.05, 4.69) is 45.1 Å². The van der Waals surface area contributed by atoms with Crippen molar-refractivity contribution in [2.45, 2.75) is 412 Å². The summed E-state index contributed by atoms with van der Waals surface area (Å²) in [4.78, 5) is 38.3. The normalized spacial score (nSPS) is 12.1. The van der Waals surface area contributed by atoms with E-state index in [4.69, 9.17) is 14.2 Å². The van der Waals surface area contributed by atoms with Gasteiger partial charge in [0.05, 0.1) is 0 Å². The lowest BCUT2D eigenvalue weighted by Gasteiger charge is -2.18. The number of unbranched alkanes of at least 4 members (excludes halogenated alkanes) is 52. The molecule has 0 amide bonds. The van der Waals surface area contributed by atoms with Crippen molar-refractivity contribution in [3.05, 3.63) is 24.3 Å². The summed E-state index contributed by atoms with van der Waals surface area (Å²) in [5.41, 5.74) is 0. The van der Waals surface area contributed by atoms with E-state index >= 15 is 0 Å². The van der Waals surface area contributed by atoms with Crippen LogP contribution in [-0.2, 0) is 28.6 Å². The first-order valence-corrected chi connectivity index (χ1v) is 35.8. The van der Waals surface area contributed by atoms with Crippen molar-refractivity contribution in [3.8, 4) is 0 Å². The average molecular weight is 1110 g/mol. The summed E-state index contributed by atoms with van der Waals surface area (Å²) in [6.07, 6.45) is 83.8. The number of carbonyl (C=O) groups excluding carboxylic acids is 3. The summed E-state index contributed by atoms with van der Waals surface area (Å²) in [5, 5.41) is 0. The summed E-state index contributed by atoms with van der Waals surface area (Å²) in [5.74, 6) is -0.849. The predicted octanol–water partition coefficient (Wildman–Crippen LogP) is 24.6. The molecular formula is C73H138O6. The predicted molar refractivity (Wildman–Crippen MR) is 344 cm³/mol. The maximum atomic E-state index is 12.9. The highest BCUT2D eigenvalue weighted by atomic mass is 16.6. The molecule has 1 atom stereocenters. The molecule has 0 rings (SSSR count). The maximum Gasteiger partial charge on any atom is 0.306 e. The number of rotatable bonds is 67. The summed E-state index contributed by atoms with van der Waals surface area (Å²) in [7, 11) is 0. The van der Waals surface area contributed by atoms with Crippen LogP contribution in [0.25, 0.3) is 0 Å². The van der Waals surface area contributed by atoms with Crippen LogP contribution in [0.5, 0.6) is 0 Å². The lowest BCUT2D eigenvalue weighted by Crippen LogP contribution is -2.30. The molecule has 0 aliphatic carbocycles. The van der Waals surface area contributed by atoms with Crippen LogP contribution < -0.4 is 0 Å². The minimum atomic E-state index is -0.772. The van der Waals surface area contributed by atoms with Gasteiger partial charge < -0.3 is 14.2 Å². The van der Waals surface area contributed by atoms with Gasteiger partial charge in [0.15, 0.2) is 6.10 Å². The van der Waals surface area contributed by atoms with Crippen LogP contribution in [0, 0.1) is 0 Å². The molecule has 0 aliphatic heterocycles. The van der Waals surface area contributed by atoms with Gasteiger partial charge in [-0.05, 0) is 51.4 Å². The largest absolute Gasteiger partial charge is 0.462 e. The molecule has 79 heavy (non-hydrogen) atoms. The Kier molecular flexibility index (Phi) is 66.6. The monoisotopic (exact) mass is 1110 g/mol. The molecule has 6 heteroatoms. The van der Waals surface area contributed by atoms with E-state index in [9.17, 15) is 14.4 Å². The average Bonchev–Trinajstić information content (AvgIpc) is 3.45. The molecule has 0 aliphatic rings. The molecule has 0 aromatic carbocycles. The standard InChI is InChI=1S/C73H138O6/c1-4-7-10-13-16-19-22-24-26-28-29-30-31-32-33-34-35-36-37-38-39-40-41-42-43-45-46-48-51-54-57-60-63-66-72(75)78-69-70(68-77-71(74)65-62-59-56-53-50-21-18-15-12-9-6-3)79-73(76)67-64-61-58-55-52-49-47-44-27-25-23-20-17-14-11-8-5-2/h17,20,25,27,70H,4-16,18-19,21-24,26,28-69H2,1-3H3/b20-17-,27-25-. The van der Waals surface area contributed by atoms with E-state index in [-0.39, 0.29) is 31.1 Å². The Morgan fingerprint density at radius 3 is 0.722 bits per heavy atom. The van der Waals surface area contributed by atoms with Crippen molar-refractivity contribution in [1.29, 1.82) is 0 Å². The Morgan fingerprint density at radius 2 is 0.456 bits per heavy atom. The van der Waals surface area contributed by atoms with E-state index in [1.165, 1.54) is 295 Å². The lowest BCUT2D eigenvalue weighted by molar-refractivity contribution is -0.167. The van der Waals surface area contributed by atoms with Crippen molar-refractivity contribution in [2.24, 2.45) is 0 Å². The van der Waals surface area contributed by atoms with E-state index in [1.54, 1.807) is 0 Å². The first-order chi connectivity index (χ1) is 39.0. The fraction of sp³-hybridized carbons (Fsp3) is 0.904. The molecular weight excluding hydrogens is 973 g/mol. The topological polar surface area (TPSA) is 78.9 Å². The molecule has 466 valence electrons. The fourth-order valence-corrected chi connectivity index (χ4v) is 11.1. The van der Waals surface area contributed by atoms with Crippen molar-refractivity contribution >= 4 is 17.9 Å². The van der Waals surface area contributed by atoms with Gasteiger partial charge in [0, 0.05) is 19.3 Å². The fourth-order valence-electron chi connectivity index (χ4n) is 11.1. The summed E-state index contributed by atoms with van der Waals surface area (Å²) in [6.45, 7) is 6.67. The summed E-state index contributed by atoms with van der Waals surface area (Å²) < 4.78 is 16.9. The molecule has 0 aromatic heterocycles. The highest BCUT2D eigenvalue weighted by Crippen LogP contribution is 2.19. The molecule has 0 fully saturated rings. The van der Waals surface area contributed by atoms with Crippen LogP contribution in [0.15, 0.2) is 24.3 Å². The number of hydrogen-bond acceptors (Lipinski definition) is 6. The van der Waals surface area contributed by atoms with Crippen LogP contribution in [0.4, 0.5) is 0 Å². The molecule has 0 heterocycles. The quantitative estimate of drug-likeness (QED) is 0.0261. The second kappa shape index (κ2) is 68.4. The third kappa shape index (κ3) is 66.6. The molecule has 0 radical (unpaired) electrons. The van der Waals surface area contributed by atoms with Crippen molar-refractivity contribution < 1.29 is 28.6 Å². The Hall–Kier alpha value is -2.11. The van der Waals surface area contributed by atoms with E-state index < -0.39 is 6.10 Å². The van der Waals surface area contributed by atoms with Gasteiger partial charge >= 0.3 is 17.9 Å². The zero-order valence-electron chi connectivity index (χ0n) is 53.7. The molecule has 0 bridgehead atoms. The zero-order valence-corrected chi connectivity index (χ0v) is 53.7. The van der Waals surface area contributed by atoms with Gasteiger partial charge in [0.1, 0.15) is 13.2 Å². The van der Waals surface area contributed by atoms with Crippen molar-refractivity contribution in [1.82, 2.24) is 0 Å². The molecule has 6 nitrogen and oxygen atoms in total. The summed E-state index contributed by atoms with van der Waals surface area (Å²) in [6, 6.07) is 0. The highest BCUT2D eigenvalue weighted by Gasteiger charge is 2.19. The SMILES string of the molecule is CCCCC/C=C\C/C=C\CCCCCCCCCC(=O)OC(COC(=O)CCCCCCCCCCCCC)COC(=O)CCCCCCCCCCCCCCCCCCCCCCCCCCCCCCCCCCC. The van der Waals surface area contributed by atoms with Crippen LogP contribution in [-0.4, -0.2) is 37.2 Å². The minimum absolute atomic E-state index is 0.0686. The highest BCUT2D eigenvalue weighted by molar-refractivity contribution is 5.71. The van der Waals surface area contributed by atoms with Gasteiger partial charge in [-0.15, -0.1) is 0 Å². The molecule has 0 aromatic rings. The van der Waals surface area contributed by atoms with Crippen LogP contribution in [0.3, 0.4) is 0 Å². The molecule has 0 saturated carbocycles. The third-order valence-corrected chi connectivity index (χ3v) is 16.5. The lowest BCUT2D eigenvalue weighted by atomic mass is 10.0. The smallest absolute Gasteiger partial charge is 0.306 e. The van der Waals surface area contributed by atoms with E-state index in [0.717, 1.165) is 70.6 Å². The molecule has 1 unspecified atom stereocenters. The second-order valence-corrected chi connectivity index (χ2v) is 24.5. The minimum Gasteiger partial charge on any atom is -0.462 e. The number of esters is 3. The number of carbonyl (C=O) groups is 3. The Bertz CT molecular complexity index is 1270. The molecule has 0 spiro atoms. The first kappa shape index (κ1) is 76.9. The van der Waals surface area contributed by atoms with Crippen LogP contribution in [0.1, 0.15) is 406 Å². The number of ether oxygens (including phenoxy) is 3. The van der Waals surface area contributed by atoms with Gasteiger partial charge in [-0.25, -0.2) is 0 Å². The number of allylic oxidation sites excluding steroid dienone is 4. The van der Waals surface area contributed by atoms with Gasteiger partial charge in [0.25, 0.3) is 0 Å². The summed E-state index contributed by atoms with van der Waals surface area (Å²) >= 11 is 0. The van der Waals surface area contributed by atoms with E-state index in [0.29, 0.717) is 19.3 Å². The Balaban J connectivity index is 4.04. The van der Waals surface area contributed by atoms with Crippen LogP contribution >= 0.6 is 0 Å². The second-order valence-electron chi connectivity index (χ2n) is 24.5. The zero-order chi connectivity index (χ0) is 57.1. The van der Waals surface area contributed by atoms with E-state index in [1.807, 2.05) is 0 Å². The van der Waals surface area contributed by atoms with Crippen molar-refractivity contribution in [2.75, 3.05) is 13.2 Å². The maximum absolute atomic E-state index is 12.9. The molecule has 0 N–H and O–H groups in total. The molecule has 0 saturated heterocycles. The Morgan fingerprint density at radius 1 is 0.253 bits per heavy atom. The van der Waals surface area contributed by atoms with Crippen LogP contribution in [0.2, 0.25) is 0 Å².